The maximum atomic E-state index is 12.1. The van der Waals surface area contributed by atoms with Gasteiger partial charge in [0.05, 0.1) is 11.3 Å². The Balaban J connectivity index is 1.89. The van der Waals surface area contributed by atoms with Crippen LogP contribution in [-0.4, -0.2) is 23.7 Å². The molecular formula is C15H21BrN2OS. The number of amides is 1. The highest BCUT2D eigenvalue weighted by Crippen LogP contribution is 2.29. The number of hydrogen-bond donors (Lipinski definition) is 2. The van der Waals surface area contributed by atoms with Crippen LogP contribution in [-0.2, 0) is 4.79 Å². The van der Waals surface area contributed by atoms with Gasteiger partial charge in [0.25, 0.3) is 0 Å². The molecule has 3 N–H and O–H groups in total. The normalized spacial score (nSPS) is 17.1. The summed E-state index contributed by atoms with van der Waals surface area (Å²) in [6.45, 7) is 2.60. The van der Waals surface area contributed by atoms with E-state index in [0.717, 1.165) is 35.1 Å². The van der Waals surface area contributed by atoms with Crippen LogP contribution in [0.3, 0.4) is 0 Å². The lowest BCUT2D eigenvalue weighted by atomic mass is 9.98. The van der Waals surface area contributed by atoms with E-state index in [-0.39, 0.29) is 11.4 Å². The molecule has 110 valence electrons. The molecule has 1 aromatic carbocycles. The molecule has 1 aliphatic rings. The summed E-state index contributed by atoms with van der Waals surface area (Å²) in [6, 6.07) is 6.12. The van der Waals surface area contributed by atoms with Crippen molar-refractivity contribution in [2.45, 2.75) is 43.0 Å². The van der Waals surface area contributed by atoms with Gasteiger partial charge in [0.15, 0.2) is 0 Å². The lowest BCUT2D eigenvalue weighted by molar-refractivity contribution is -0.120. The molecule has 2 rings (SSSR count). The van der Waals surface area contributed by atoms with Crippen molar-refractivity contribution in [1.82, 2.24) is 5.32 Å². The van der Waals surface area contributed by atoms with Crippen LogP contribution in [0.5, 0.6) is 0 Å². The zero-order chi connectivity index (χ0) is 14.6. The van der Waals surface area contributed by atoms with Gasteiger partial charge >= 0.3 is 0 Å². The number of thioether (sulfide) groups is 1. The number of rotatable bonds is 5. The average molecular weight is 357 g/mol. The van der Waals surface area contributed by atoms with Crippen molar-refractivity contribution in [3.63, 3.8) is 0 Å². The maximum absolute atomic E-state index is 12.1. The number of carbonyl (C=O) groups excluding carboxylic acids is 1. The molecule has 0 atom stereocenters. The van der Waals surface area contributed by atoms with Crippen LogP contribution in [0, 0.1) is 6.92 Å². The summed E-state index contributed by atoms with van der Waals surface area (Å²) in [5, 5.41) is 3.15. The van der Waals surface area contributed by atoms with Crippen LogP contribution in [0.25, 0.3) is 0 Å². The molecule has 5 heteroatoms. The van der Waals surface area contributed by atoms with E-state index in [9.17, 15) is 4.79 Å². The minimum atomic E-state index is -0.146. The summed E-state index contributed by atoms with van der Waals surface area (Å²) in [5.74, 6) is 0.536. The summed E-state index contributed by atoms with van der Waals surface area (Å²) in [7, 11) is 0. The Kier molecular flexibility index (Phi) is 5.52. The van der Waals surface area contributed by atoms with Crippen molar-refractivity contribution < 1.29 is 4.79 Å². The standard InChI is InChI=1S/C15H21BrN2OS/c1-11-8-12(16)4-5-13(11)20-9-14(19)18-15(10-17)6-2-3-7-15/h4-5,8H,2-3,6-7,9-10,17H2,1H3,(H,18,19). The number of hydrogen-bond acceptors (Lipinski definition) is 3. The fourth-order valence-electron chi connectivity index (χ4n) is 2.68. The fraction of sp³-hybridized carbons (Fsp3) is 0.533. The second-order valence-corrected chi connectivity index (χ2v) is 7.37. The summed E-state index contributed by atoms with van der Waals surface area (Å²) in [4.78, 5) is 13.3. The Morgan fingerprint density at radius 2 is 2.15 bits per heavy atom. The van der Waals surface area contributed by atoms with Crippen LogP contribution in [0.2, 0.25) is 0 Å². The first-order valence-corrected chi connectivity index (χ1v) is 8.72. The van der Waals surface area contributed by atoms with E-state index < -0.39 is 0 Å². The smallest absolute Gasteiger partial charge is 0.230 e. The van der Waals surface area contributed by atoms with Gasteiger partial charge in [-0.25, -0.2) is 0 Å². The predicted octanol–water partition coefficient (Wildman–Crippen LogP) is 3.24. The van der Waals surface area contributed by atoms with E-state index in [1.54, 1.807) is 11.8 Å². The highest BCUT2D eigenvalue weighted by Gasteiger charge is 2.33. The van der Waals surface area contributed by atoms with Gasteiger partial charge in [-0.2, -0.15) is 0 Å². The molecule has 1 saturated carbocycles. The van der Waals surface area contributed by atoms with E-state index in [2.05, 4.69) is 34.2 Å². The third kappa shape index (κ3) is 3.99. The lowest BCUT2D eigenvalue weighted by Crippen LogP contribution is -2.52. The summed E-state index contributed by atoms with van der Waals surface area (Å²) < 4.78 is 1.07. The van der Waals surface area contributed by atoms with Gasteiger partial charge in [-0.15, -0.1) is 11.8 Å². The summed E-state index contributed by atoms with van der Waals surface area (Å²) in [6.07, 6.45) is 4.35. The van der Waals surface area contributed by atoms with E-state index in [4.69, 9.17) is 5.73 Å². The number of nitrogens with one attached hydrogen (secondary N) is 1. The molecule has 0 aromatic heterocycles. The highest BCUT2D eigenvalue weighted by atomic mass is 79.9. The molecule has 0 aliphatic heterocycles. The van der Waals surface area contributed by atoms with E-state index >= 15 is 0 Å². The van der Waals surface area contributed by atoms with E-state index in [0.29, 0.717) is 12.3 Å². The monoisotopic (exact) mass is 356 g/mol. The van der Waals surface area contributed by atoms with Gasteiger partial charge in [-0.3, -0.25) is 4.79 Å². The molecule has 0 radical (unpaired) electrons. The van der Waals surface area contributed by atoms with Gasteiger partial charge in [-0.05, 0) is 43.5 Å². The van der Waals surface area contributed by atoms with Gasteiger partial charge in [-0.1, -0.05) is 28.8 Å². The number of carbonyl (C=O) groups is 1. The van der Waals surface area contributed by atoms with Crippen molar-refractivity contribution in [2.24, 2.45) is 5.73 Å². The maximum Gasteiger partial charge on any atom is 0.230 e. The molecule has 0 heterocycles. The Morgan fingerprint density at radius 3 is 2.75 bits per heavy atom. The summed E-state index contributed by atoms with van der Waals surface area (Å²) >= 11 is 5.03. The molecule has 3 nitrogen and oxygen atoms in total. The van der Waals surface area contributed by atoms with Gasteiger partial charge in [0, 0.05) is 15.9 Å². The zero-order valence-electron chi connectivity index (χ0n) is 11.7. The molecule has 0 unspecified atom stereocenters. The Morgan fingerprint density at radius 1 is 1.45 bits per heavy atom. The van der Waals surface area contributed by atoms with Gasteiger partial charge in [0.1, 0.15) is 0 Å². The Bertz CT molecular complexity index is 487. The lowest BCUT2D eigenvalue weighted by Gasteiger charge is -2.28. The quantitative estimate of drug-likeness (QED) is 0.796. The topological polar surface area (TPSA) is 55.1 Å². The SMILES string of the molecule is Cc1cc(Br)ccc1SCC(=O)NC1(CN)CCCC1. The minimum absolute atomic E-state index is 0.0877. The number of aryl methyl sites for hydroxylation is 1. The summed E-state index contributed by atoms with van der Waals surface area (Å²) in [5.41, 5.74) is 6.88. The zero-order valence-corrected chi connectivity index (χ0v) is 14.1. The van der Waals surface area contributed by atoms with Crippen molar-refractivity contribution in [2.75, 3.05) is 12.3 Å². The van der Waals surface area contributed by atoms with Gasteiger partial charge in [0.2, 0.25) is 5.91 Å². The number of benzene rings is 1. The predicted molar refractivity (Wildman–Crippen MR) is 88.0 cm³/mol. The second-order valence-electron chi connectivity index (χ2n) is 5.44. The first kappa shape index (κ1) is 15.9. The molecule has 1 amide bonds. The molecule has 1 aliphatic carbocycles. The number of halogens is 1. The largest absolute Gasteiger partial charge is 0.349 e. The average Bonchev–Trinajstić information content (AvgIpc) is 2.87. The molecule has 1 aromatic rings. The molecule has 0 saturated heterocycles. The van der Waals surface area contributed by atoms with E-state index in [1.807, 2.05) is 12.1 Å². The fourth-order valence-corrected chi connectivity index (χ4v) is 3.97. The molecular weight excluding hydrogens is 336 g/mol. The molecule has 20 heavy (non-hydrogen) atoms. The molecule has 0 bridgehead atoms. The Hall–Kier alpha value is -0.520. The van der Waals surface area contributed by atoms with Gasteiger partial charge < -0.3 is 11.1 Å². The van der Waals surface area contributed by atoms with Crippen molar-refractivity contribution in [3.8, 4) is 0 Å². The first-order chi connectivity index (χ1) is 9.54. The molecule has 0 spiro atoms. The van der Waals surface area contributed by atoms with Crippen molar-refractivity contribution in [3.05, 3.63) is 28.2 Å². The van der Waals surface area contributed by atoms with Crippen LogP contribution < -0.4 is 11.1 Å². The number of nitrogens with two attached hydrogens (primary N) is 1. The van der Waals surface area contributed by atoms with Crippen LogP contribution >= 0.6 is 27.7 Å². The first-order valence-electron chi connectivity index (χ1n) is 6.95. The van der Waals surface area contributed by atoms with Crippen LogP contribution in [0.15, 0.2) is 27.6 Å². The third-order valence-corrected chi connectivity index (χ3v) is 5.52. The van der Waals surface area contributed by atoms with Crippen LogP contribution in [0.1, 0.15) is 31.2 Å². The second kappa shape index (κ2) is 6.96. The Labute approximate surface area is 133 Å². The molecule has 1 fully saturated rings. The minimum Gasteiger partial charge on any atom is -0.349 e. The third-order valence-electron chi connectivity index (χ3n) is 3.85. The highest BCUT2D eigenvalue weighted by molar-refractivity contribution is 9.10. The van der Waals surface area contributed by atoms with Crippen molar-refractivity contribution >= 4 is 33.6 Å². The van der Waals surface area contributed by atoms with E-state index in [1.165, 1.54) is 5.56 Å². The van der Waals surface area contributed by atoms with Crippen molar-refractivity contribution in [1.29, 1.82) is 0 Å². The van der Waals surface area contributed by atoms with Crippen LogP contribution in [0.4, 0.5) is 0 Å².